The Hall–Kier alpha value is -2.08. The number of fused-ring (bicyclic) bond motifs is 1. The van der Waals surface area contributed by atoms with E-state index in [0.29, 0.717) is 5.56 Å². The van der Waals surface area contributed by atoms with E-state index < -0.39 is 11.5 Å². The number of aromatic nitrogens is 2. The van der Waals surface area contributed by atoms with Gasteiger partial charge >= 0.3 is 0 Å². The van der Waals surface area contributed by atoms with Crippen LogP contribution in [0.3, 0.4) is 0 Å². The van der Waals surface area contributed by atoms with Gasteiger partial charge in [-0.25, -0.2) is 4.52 Å². The third-order valence-electron chi connectivity index (χ3n) is 4.24. The Morgan fingerprint density at radius 1 is 1.52 bits per heavy atom. The molecule has 0 radical (unpaired) electrons. The summed E-state index contributed by atoms with van der Waals surface area (Å²) in [5, 5.41) is 17.6. The second-order valence-corrected chi connectivity index (χ2v) is 6.05. The van der Waals surface area contributed by atoms with Gasteiger partial charge in [0, 0.05) is 12.2 Å². The molecule has 2 aromatic rings. The second-order valence-electron chi connectivity index (χ2n) is 6.05. The number of carbonyl (C=O) groups excluding carboxylic acids is 1. The van der Waals surface area contributed by atoms with Crippen molar-refractivity contribution < 1.29 is 9.90 Å². The lowest BCUT2D eigenvalue weighted by molar-refractivity contribution is 0.0196. The summed E-state index contributed by atoms with van der Waals surface area (Å²) in [6, 6.07) is 4.01. The number of rotatable bonds is 3. The van der Waals surface area contributed by atoms with Gasteiger partial charge in [-0.1, -0.05) is 0 Å². The maximum Gasteiger partial charge on any atom is 0.252 e. The molecule has 3 rings (SSSR count). The van der Waals surface area contributed by atoms with Crippen LogP contribution in [0.15, 0.2) is 24.5 Å². The third-order valence-corrected chi connectivity index (χ3v) is 4.24. The number of primary amides is 1. The first-order valence-corrected chi connectivity index (χ1v) is 7.21. The molecule has 0 aromatic carbocycles. The van der Waals surface area contributed by atoms with Crippen molar-refractivity contribution in [2.75, 3.05) is 5.32 Å². The summed E-state index contributed by atoms with van der Waals surface area (Å²) in [7, 11) is 0. The first-order chi connectivity index (χ1) is 9.96. The summed E-state index contributed by atoms with van der Waals surface area (Å²) >= 11 is 0. The number of anilines is 1. The molecule has 6 nitrogen and oxygen atoms in total. The molecule has 1 aliphatic rings. The summed E-state index contributed by atoms with van der Waals surface area (Å²) in [6.07, 6.45) is 6.55. The van der Waals surface area contributed by atoms with E-state index in [-0.39, 0.29) is 6.04 Å². The Morgan fingerprint density at radius 2 is 2.24 bits per heavy atom. The Balaban J connectivity index is 1.90. The molecular formula is C15H20N4O2. The first kappa shape index (κ1) is 13.9. The van der Waals surface area contributed by atoms with E-state index in [1.54, 1.807) is 4.52 Å². The van der Waals surface area contributed by atoms with Crippen LogP contribution in [0.4, 0.5) is 5.69 Å². The highest BCUT2D eigenvalue weighted by Crippen LogP contribution is 2.31. The molecule has 4 N–H and O–H groups in total. The number of nitrogens with two attached hydrogens (primary N) is 1. The molecule has 2 heterocycles. The molecular weight excluding hydrogens is 268 g/mol. The standard InChI is InChI=1S/C15H20N4O2/c1-15(21)6-4-10(5-7-15)18-13-11(14(16)20)9-17-19-8-2-3-12(13)19/h2-3,8-10,18,21H,4-7H2,1H3,(H2,16,20)/t10-,15-. The van der Waals surface area contributed by atoms with Crippen LogP contribution in [-0.4, -0.2) is 32.3 Å². The number of aliphatic hydroxyl groups is 1. The quantitative estimate of drug-likeness (QED) is 0.798. The fourth-order valence-electron chi connectivity index (χ4n) is 2.92. The lowest BCUT2D eigenvalue weighted by Crippen LogP contribution is -2.36. The fraction of sp³-hybridized carbons (Fsp3) is 0.467. The van der Waals surface area contributed by atoms with Crippen LogP contribution < -0.4 is 11.1 Å². The van der Waals surface area contributed by atoms with E-state index >= 15 is 0 Å². The molecule has 1 amide bonds. The van der Waals surface area contributed by atoms with Crippen molar-refractivity contribution in [2.24, 2.45) is 5.73 Å². The first-order valence-electron chi connectivity index (χ1n) is 7.21. The molecule has 1 aliphatic carbocycles. The van der Waals surface area contributed by atoms with Crippen LogP contribution in [0.2, 0.25) is 0 Å². The highest BCUT2D eigenvalue weighted by molar-refractivity contribution is 6.01. The third kappa shape index (κ3) is 2.71. The minimum atomic E-state index is -0.576. The van der Waals surface area contributed by atoms with Gasteiger partial charge in [0.25, 0.3) is 5.91 Å². The van der Waals surface area contributed by atoms with Crippen molar-refractivity contribution in [3.8, 4) is 0 Å². The van der Waals surface area contributed by atoms with Crippen LogP contribution >= 0.6 is 0 Å². The summed E-state index contributed by atoms with van der Waals surface area (Å²) in [5.74, 6) is -0.489. The topological polar surface area (TPSA) is 92.6 Å². The SMILES string of the molecule is C[C@]1(O)CC[C@H](Nc2c(C(N)=O)cnn3cccc23)CC1. The van der Waals surface area contributed by atoms with E-state index in [1.165, 1.54) is 6.20 Å². The van der Waals surface area contributed by atoms with Crippen molar-refractivity contribution in [2.45, 2.75) is 44.2 Å². The highest BCUT2D eigenvalue weighted by atomic mass is 16.3. The molecule has 21 heavy (non-hydrogen) atoms. The van der Waals surface area contributed by atoms with Gasteiger partial charge in [0.1, 0.15) is 0 Å². The predicted octanol–water partition coefficient (Wildman–Crippen LogP) is 1.54. The summed E-state index contributed by atoms with van der Waals surface area (Å²) in [5.41, 5.74) is 6.85. The van der Waals surface area contributed by atoms with E-state index in [0.717, 1.165) is 36.9 Å². The van der Waals surface area contributed by atoms with Gasteiger partial charge in [0.15, 0.2) is 0 Å². The van der Waals surface area contributed by atoms with Crippen molar-refractivity contribution >= 4 is 17.1 Å². The normalized spacial score (nSPS) is 25.9. The van der Waals surface area contributed by atoms with Gasteiger partial charge in [0.2, 0.25) is 0 Å². The number of nitrogens with zero attached hydrogens (tertiary/aromatic N) is 2. The Kier molecular flexibility index (Phi) is 3.33. The largest absolute Gasteiger partial charge is 0.390 e. The van der Waals surface area contributed by atoms with E-state index in [9.17, 15) is 9.90 Å². The zero-order valence-corrected chi connectivity index (χ0v) is 12.0. The highest BCUT2D eigenvalue weighted by Gasteiger charge is 2.29. The van der Waals surface area contributed by atoms with Gasteiger partial charge in [-0.05, 0) is 44.7 Å². The molecule has 0 unspecified atom stereocenters. The van der Waals surface area contributed by atoms with Crippen LogP contribution in [0, 0.1) is 0 Å². The molecule has 0 spiro atoms. The minimum Gasteiger partial charge on any atom is -0.390 e. The van der Waals surface area contributed by atoms with Crippen LogP contribution in [0.1, 0.15) is 43.0 Å². The summed E-state index contributed by atoms with van der Waals surface area (Å²) in [4.78, 5) is 11.6. The molecule has 0 bridgehead atoms. The van der Waals surface area contributed by atoms with Crippen molar-refractivity contribution in [1.29, 1.82) is 0 Å². The molecule has 1 fully saturated rings. The molecule has 2 aromatic heterocycles. The Morgan fingerprint density at radius 3 is 2.90 bits per heavy atom. The van der Waals surface area contributed by atoms with Crippen LogP contribution in [0.25, 0.3) is 5.52 Å². The average Bonchev–Trinajstić information content (AvgIpc) is 2.89. The monoisotopic (exact) mass is 288 g/mol. The number of carbonyl (C=O) groups is 1. The molecule has 112 valence electrons. The average molecular weight is 288 g/mol. The number of amides is 1. The summed E-state index contributed by atoms with van der Waals surface area (Å²) in [6.45, 7) is 1.87. The van der Waals surface area contributed by atoms with Gasteiger partial charge < -0.3 is 16.2 Å². The van der Waals surface area contributed by atoms with Crippen molar-refractivity contribution in [1.82, 2.24) is 9.61 Å². The molecule has 0 aliphatic heterocycles. The van der Waals surface area contributed by atoms with E-state index in [1.807, 2.05) is 25.3 Å². The van der Waals surface area contributed by atoms with Crippen LogP contribution in [0.5, 0.6) is 0 Å². The molecule has 1 saturated carbocycles. The van der Waals surface area contributed by atoms with Crippen molar-refractivity contribution in [3.05, 3.63) is 30.1 Å². The maximum atomic E-state index is 11.6. The lowest BCUT2D eigenvalue weighted by atomic mass is 9.83. The van der Waals surface area contributed by atoms with E-state index in [4.69, 9.17) is 5.73 Å². The zero-order valence-electron chi connectivity index (χ0n) is 12.0. The second kappa shape index (κ2) is 5.04. The van der Waals surface area contributed by atoms with E-state index in [2.05, 4.69) is 10.4 Å². The zero-order chi connectivity index (χ0) is 15.0. The maximum absolute atomic E-state index is 11.6. The fourth-order valence-corrected chi connectivity index (χ4v) is 2.92. The van der Waals surface area contributed by atoms with Crippen LogP contribution in [-0.2, 0) is 0 Å². The molecule has 6 heteroatoms. The smallest absolute Gasteiger partial charge is 0.252 e. The minimum absolute atomic E-state index is 0.226. The van der Waals surface area contributed by atoms with Gasteiger partial charge in [-0.3, -0.25) is 4.79 Å². The predicted molar refractivity (Wildman–Crippen MR) is 80.2 cm³/mol. The molecule has 0 atom stereocenters. The lowest BCUT2D eigenvalue weighted by Gasteiger charge is -2.34. The van der Waals surface area contributed by atoms with Gasteiger partial charge in [-0.15, -0.1) is 0 Å². The Labute approximate surface area is 122 Å². The van der Waals surface area contributed by atoms with Gasteiger partial charge in [0.05, 0.1) is 28.6 Å². The Bertz CT molecular complexity index is 667. The van der Waals surface area contributed by atoms with Crippen molar-refractivity contribution in [3.63, 3.8) is 0 Å². The molecule has 0 saturated heterocycles. The number of hydrogen-bond acceptors (Lipinski definition) is 4. The summed E-state index contributed by atoms with van der Waals surface area (Å²) < 4.78 is 1.72. The number of nitrogens with one attached hydrogen (secondary N) is 1. The number of hydrogen-bond donors (Lipinski definition) is 3. The van der Waals surface area contributed by atoms with Gasteiger partial charge in [-0.2, -0.15) is 5.10 Å².